The number of halogens is 3. The van der Waals surface area contributed by atoms with E-state index in [9.17, 15) is 9.90 Å². The molecule has 4 nitrogen and oxygen atoms in total. The van der Waals surface area contributed by atoms with E-state index in [2.05, 4.69) is 71.6 Å². The fourth-order valence-corrected chi connectivity index (χ4v) is 4.92. The lowest BCUT2D eigenvalue weighted by atomic mass is 10.0. The number of rotatable bonds is 4. The Balaban J connectivity index is 1.74. The van der Waals surface area contributed by atoms with Gasteiger partial charge in [0.25, 0.3) is 0 Å². The van der Waals surface area contributed by atoms with Crippen molar-refractivity contribution in [3.05, 3.63) is 71.3 Å². The smallest absolute Gasteiger partial charge is 0.244 e. The van der Waals surface area contributed by atoms with E-state index in [1.54, 1.807) is 6.07 Å². The number of hydrogen-bond acceptors (Lipinski definition) is 3. The SMILES string of the molecule is O=C(Cc1ccc(Br)c2ccccc12)N/N=C\c1cc(I)cc(I)c1O. The Labute approximate surface area is 186 Å². The molecule has 0 unspecified atom stereocenters. The summed E-state index contributed by atoms with van der Waals surface area (Å²) in [5.74, 6) is -0.0588. The molecule has 0 aliphatic rings. The van der Waals surface area contributed by atoms with Crippen LogP contribution in [-0.4, -0.2) is 17.2 Å². The Kier molecular flexibility index (Phi) is 6.51. The van der Waals surface area contributed by atoms with Gasteiger partial charge in [-0.1, -0.05) is 46.3 Å². The molecule has 0 aromatic heterocycles. The number of hydrogen-bond donors (Lipinski definition) is 2. The van der Waals surface area contributed by atoms with Crippen LogP contribution in [-0.2, 0) is 11.2 Å². The van der Waals surface area contributed by atoms with E-state index in [0.29, 0.717) is 5.56 Å². The second kappa shape index (κ2) is 8.66. The van der Waals surface area contributed by atoms with E-state index in [0.717, 1.165) is 27.9 Å². The minimum Gasteiger partial charge on any atom is -0.506 e. The Bertz CT molecular complexity index is 1020. The van der Waals surface area contributed by atoms with Crippen LogP contribution >= 0.6 is 61.1 Å². The number of benzene rings is 3. The zero-order valence-corrected chi connectivity index (χ0v) is 19.2. The summed E-state index contributed by atoms with van der Waals surface area (Å²) in [4.78, 5) is 12.2. The summed E-state index contributed by atoms with van der Waals surface area (Å²) in [6.45, 7) is 0. The summed E-state index contributed by atoms with van der Waals surface area (Å²) in [5.41, 5.74) is 4.03. The molecule has 0 spiro atoms. The lowest BCUT2D eigenvalue weighted by Crippen LogP contribution is -2.20. The molecule has 0 aliphatic heterocycles. The van der Waals surface area contributed by atoms with Gasteiger partial charge in [-0.25, -0.2) is 5.43 Å². The van der Waals surface area contributed by atoms with Gasteiger partial charge in [0.15, 0.2) is 0 Å². The van der Waals surface area contributed by atoms with Crippen LogP contribution < -0.4 is 5.43 Å². The lowest BCUT2D eigenvalue weighted by Gasteiger charge is -2.07. The Morgan fingerprint density at radius 3 is 2.65 bits per heavy atom. The second-order valence-corrected chi connectivity index (χ2v) is 8.81. The van der Waals surface area contributed by atoms with Crippen molar-refractivity contribution in [3.8, 4) is 5.75 Å². The van der Waals surface area contributed by atoms with Crippen molar-refractivity contribution in [3.63, 3.8) is 0 Å². The molecule has 132 valence electrons. The van der Waals surface area contributed by atoms with Gasteiger partial charge in [-0.05, 0) is 79.7 Å². The molecular weight excluding hydrogens is 622 g/mol. The Morgan fingerprint density at radius 2 is 1.88 bits per heavy atom. The molecule has 0 saturated carbocycles. The minimum absolute atomic E-state index is 0.155. The molecule has 0 saturated heterocycles. The first-order valence-electron chi connectivity index (χ1n) is 7.61. The van der Waals surface area contributed by atoms with Crippen LogP contribution in [0, 0.1) is 7.14 Å². The first-order chi connectivity index (χ1) is 12.5. The van der Waals surface area contributed by atoms with E-state index >= 15 is 0 Å². The molecule has 0 fully saturated rings. The Morgan fingerprint density at radius 1 is 1.15 bits per heavy atom. The minimum atomic E-state index is -0.214. The number of nitrogens with zero attached hydrogens (tertiary/aromatic N) is 1. The van der Waals surface area contributed by atoms with Gasteiger partial charge in [-0.2, -0.15) is 5.10 Å². The number of aromatic hydroxyl groups is 1. The summed E-state index contributed by atoms with van der Waals surface area (Å²) in [7, 11) is 0. The van der Waals surface area contributed by atoms with Crippen LogP contribution in [0.3, 0.4) is 0 Å². The van der Waals surface area contributed by atoms with Crippen molar-refractivity contribution in [1.29, 1.82) is 0 Å². The molecule has 0 heterocycles. The third kappa shape index (κ3) is 4.55. The summed E-state index contributed by atoms with van der Waals surface area (Å²) in [6, 6.07) is 15.5. The molecular formula is C19H13BrI2N2O2. The molecule has 3 rings (SSSR count). The van der Waals surface area contributed by atoms with Crippen LogP contribution in [0.5, 0.6) is 5.75 Å². The molecule has 0 atom stereocenters. The maximum atomic E-state index is 12.2. The summed E-state index contributed by atoms with van der Waals surface area (Å²) in [6.07, 6.45) is 1.68. The standard InChI is InChI=1S/C19H13BrI2N2O2/c20-16-6-5-11(14-3-1-2-4-15(14)16)8-18(25)24-23-10-12-7-13(21)9-17(22)19(12)26/h1-7,9-10,26H,8H2,(H,24,25)/b23-10-. The van der Waals surface area contributed by atoms with Crippen LogP contribution in [0.15, 0.2) is 58.1 Å². The molecule has 1 amide bonds. The quantitative estimate of drug-likeness (QED) is 0.235. The van der Waals surface area contributed by atoms with Gasteiger partial charge >= 0.3 is 0 Å². The maximum Gasteiger partial charge on any atom is 0.244 e. The highest BCUT2D eigenvalue weighted by molar-refractivity contribution is 14.1. The zero-order valence-electron chi connectivity index (χ0n) is 13.3. The van der Waals surface area contributed by atoms with Crippen molar-refractivity contribution in [2.75, 3.05) is 0 Å². The van der Waals surface area contributed by atoms with Crippen molar-refractivity contribution >= 4 is 84.0 Å². The largest absolute Gasteiger partial charge is 0.506 e. The number of phenolic OH excluding ortho intramolecular Hbond substituents is 1. The summed E-state index contributed by atoms with van der Waals surface area (Å²) >= 11 is 7.76. The van der Waals surface area contributed by atoms with Gasteiger partial charge in [0.1, 0.15) is 5.75 Å². The van der Waals surface area contributed by atoms with Crippen molar-refractivity contribution in [2.24, 2.45) is 5.10 Å². The predicted octanol–water partition coefficient (Wildman–Crippen LogP) is 5.21. The second-order valence-electron chi connectivity index (χ2n) is 5.55. The van der Waals surface area contributed by atoms with Crippen LogP contribution in [0.2, 0.25) is 0 Å². The topological polar surface area (TPSA) is 61.7 Å². The monoisotopic (exact) mass is 634 g/mol. The molecule has 26 heavy (non-hydrogen) atoms. The predicted molar refractivity (Wildman–Crippen MR) is 125 cm³/mol. The molecule has 3 aromatic rings. The molecule has 7 heteroatoms. The fraction of sp³-hybridized carbons (Fsp3) is 0.0526. The third-order valence-corrected chi connectivity index (χ3v) is 5.90. The van der Waals surface area contributed by atoms with Crippen LogP contribution in [0.4, 0.5) is 0 Å². The van der Waals surface area contributed by atoms with E-state index < -0.39 is 0 Å². The summed E-state index contributed by atoms with van der Waals surface area (Å²) < 4.78 is 2.72. The first-order valence-corrected chi connectivity index (χ1v) is 10.6. The van der Waals surface area contributed by atoms with Gasteiger partial charge in [-0.3, -0.25) is 4.79 Å². The third-order valence-electron chi connectivity index (χ3n) is 3.76. The van der Waals surface area contributed by atoms with Gasteiger partial charge in [0, 0.05) is 13.6 Å². The molecule has 0 aliphatic carbocycles. The average Bonchev–Trinajstić information content (AvgIpc) is 2.62. The molecule has 0 radical (unpaired) electrons. The van der Waals surface area contributed by atoms with E-state index in [1.807, 2.05) is 42.5 Å². The van der Waals surface area contributed by atoms with E-state index in [1.165, 1.54) is 6.21 Å². The molecule has 2 N–H and O–H groups in total. The van der Waals surface area contributed by atoms with Gasteiger partial charge in [-0.15, -0.1) is 0 Å². The highest BCUT2D eigenvalue weighted by Crippen LogP contribution is 2.27. The van der Waals surface area contributed by atoms with Gasteiger partial charge in [0.05, 0.1) is 16.2 Å². The number of nitrogens with one attached hydrogen (secondary N) is 1. The van der Waals surface area contributed by atoms with E-state index in [-0.39, 0.29) is 18.1 Å². The molecule has 3 aromatic carbocycles. The van der Waals surface area contributed by atoms with Crippen molar-refractivity contribution in [1.82, 2.24) is 5.43 Å². The first kappa shape index (κ1) is 19.6. The molecule has 0 bridgehead atoms. The van der Waals surface area contributed by atoms with Crippen LogP contribution in [0.25, 0.3) is 10.8 Å². The number of phenols is 1. The lowest BCUT2D eigenvalue weighted by molar-refractivity contribution is -0.120. The summed E-state index contributed by atoms with van der Waals surface area (Å²) in [5, 5.41) is 16.1. The van der Waals surface area contributed by atoms with Gasteiger partial charge < -0.3 is 5.11 Å². The highest BCUT2D eigenvalue weighted by Gasteiger charge is 2.09. The van der Waals surface area contributed by atoms with Crippen molar-refractivity contribution < 1.29 is 9.90 Å². The number of fused-ring (bicyclic) bond motifs is 1. The van der Waals surface area contributed by atoms with Crippen LogP contribution in [0.1, 0.15) is 11.1 Å². The fourth-order valence-electron chi connectivity index (χ4n) is 2.55. The number of carbonyl (C=O) groups is 1. The Hall–Kier alpha value is -1.20. The normalized spacial score (nSPS) is 11.2. The number of amides is 1. The van der Waals surface area contributed by atoms with E-state index in [4.69, 9.17) is 0 Å². The van der Waals surface area contributed by atoms with Crippen molar-refractivity contribution in [2.45, 2.75) is 6.42 Å². The number of carbonyl (C=O) groups excluding carboxylic acids is 1. The average molecular weight is 635 g/mol. The van der Waals surface area contributed by atoms with Gasteiger partial charge in [0.2, 0.25) is 5.91 Å². The highest BCUT2D eigenvalue weighted by atomic mass is 127. The zero-order chi connectivity index (χ0) is 18.7. The number of hydrazone groups is 1. The maximum absolute atomic E-state index is 12.2.